The number of aliphatic imine (C=N–C) groups is 1. The standard InChI is InChI=1S/C14H28N4OS/c1-6-9-20-10-8-15-14(17-12(3)7-2)16-11-13(19)18(4)5/h6,12H,1,7-11H2,2-5H3,(H2,15,16,17). The van der Waals surface area contributed by atoms with Crippen molar-refractivity contribution in [3.05, 3.63) is 12.7 Å². The summed E-state index contributed by atoms with van der Waals surface area (Å²) in [5.41, 5.74) is 0. The Bertz CT molecular complexity index is 318. The van der Waals surface area contributed by atoms with E-state index in [0.29, 0.717) is 12.0 Å². The Morgan fingerprint density at radius 2 is 2.20 bits per heavy atom. The van der Waals surface area contributed by atoms with Gasteiger partial charge in [-0.3, -0.25) is 4.79 Å². The van der Waals surface area contributed by atoms with E-state index in [1.807, 2.05) is 17.8 Å². The van der Waals surface area contributed by atoms with E-state index in [9.17, 15) is 4.79 Å². The van der Waals surface area contributed by atoms with Crippen LogP contribution in [0.15, 0.2) is 17.6 Å². The van der Waals surface area contributed by atoms with Gasteiger partial charge in [-0.1, -0.05) is 13.0 Å². The van der Waals surface area contributed by atoms with Gasteiger partial charge in [0.15, 0.2) is 5.96 Å². The summed E-state index contributed by atoms with van der Waals surface area (Å²) in [7, 11) is 3.47. The van der Waals surface area contributed by atoms with E-state index in [-0.39, 0.29) is 12.5 Å². The van der Waals surface area contributed by atoms with Crippen molar-refractivity contribution in [1.29, 1.82) is 0 Å². The van der Waals surface area contributed by atoms with Gasteiger partial charge in [-0.2, -0.15) is 11.8 Å². The van der Waals surface area contributed by atoms with Crippen LogP contribution >= 0.6 is 11.8 Å². The number of likely N-dealkylation sites (N-methyl/N-ethyl adjacent to an activating group) is 1. The molecule has 0 radical (unpaired) electrons. The van der Waals surface area contributed by atoms with Gasteiger partial charge >= 0.3 is 0 Å². The Morgan fingerprint density at radius 3 is 2.75 bits per heavy atom. The summed E-state index contributed by atoms with van der Waals surface area (Å²) in [5.74, 6) is 2.63. The normalized spacial score (nSPS) is 12.7. The van der Waals surface area contributed by atoms with Crippen molar-refractivity contribution >= 4 is 23.6 Å². The van der Waals surface area contributed by atoms with Gasteiger partial charge in [0, 0.05) is 38.2 Å². The summed E-state index contributed by atoms with van der Waals surface area (Å²) in [4.78, 5) is 17.4. The molecule has 5 nitrogen and oxygen atoms in total. The minimum absolute atomic E-state index is 0.00344. The van der Waals surface area contributed by atoms with Crippen molar-refractivity contribution in [2.75, 3.05) is 38.7 Å². The van der Waals surface area contributed by atoms with Gasteiger partial charge in [-0.15, -0.1) is 6.58 Å². The smallest absolute Gasteiger partial charge is 0.243 e. The molecule has 0 aliphatic heterocycles. The van der Waals surface area contributed by atoms with Gasteiger partial charge in [0.05, 0.1) is 0 Å². The Morgan fingerprint density at radius 1 is 1.50 bits per heavy atom. The zero-order chi connectivity index (χ0) is 15.4. The average Bonchev–Trinajstić information content (AvgIpc) is 2.43. The topological polar surface area (TPSA) is 56.7 Å². The van der Waals surface area contributed by atoms with Crippen molar-refractivity contribution in [2.24, 2.45) is 4.99 Å². The lowest BCUT2D eigenvalue weighted by molar-refractivity contribution is -0.127. The lowest BCUT2D eigenvalue weighted by Gasteiger charge is -2.17. The molecule has 20 heavy (non-hydrogen) atoms. The molecule has 0 heterocycles. The second-order valence-corrected chi connectivity index (χ2v) is 5.85. The first-order valence-corrected chi connectivity index (χ1v) is 8.10. The summed E-state index contributed by atoms with van der Waals surface area (Å²) in [6, 6.07) is 0.330. The third-order valence-electron chi connectivity index (χ3n) is 2.64. The van der Waals surface area contributed by atoms with Crippen LogP contribution in [0, 0.1) is 0 Å². The Hall–Kier alpha value is -1.17. The number of guanidine groups is 1. The number of rotatable bonds is 9. The first-order chi connectivity index (χ1) is 9.51. The number of carbonyl (C=O) groups is 1. The number of thioether (sulfide) groups is 1. The number of hydrogen-bond acceptors (Lipinski definition) is 3. The fourth-order valence-electron chi connectivity index (χ4n) is 1.18. The lowest BCUT2D eigenvalue weighted by atomic mass is 10.3. The highest BCUT2D eigenvalue weighted by Gasteiger charge is 2.06. The molecule has 0 aliphatic rings. The summed E-state index contributed by atoms with van der Waals surface area (Å²) in [6.07, 6.45) is 2.90. The Labute approximate surface area is 127 Å². The van der Waals surface area contributed by atoms with Gasteiger partial charge in [-0.05, 0) is 13.3 Å². The first-order valence-electron chi connectivity index (χ1n) is 6.94. The average molecular weight is 300 g/mol. The highest BCUT2D eigenvalue weighted by molar-refractivity contribution is 7.99. The van der Waals surface area contributed by atoms with Crippen molar-refractivity contribution in [3.63, 3.8) is 0 Å². The number of nitrogens with one attached hydrogen (secondary N) is 2. The predicted octanol–water partition coefficient (Wildman–Crippen LogP) is 1.33. The van der Waals surface area contributed by atoms with E-state index in [4.69, 9.17) is 0 Å². The molecular weight excluding hydrogens is 272 g/mol. The van der Waals surface area contributed by atoms with Crippen LogP contribution in [0.1, 0.15) is 20.3 Å². The molecule has 0 rings (SSSR count). The van der Waals surface area contributed by atoms with E-state index in [1.165, 1.54) is 0 Å². The molecule has 6 heteroatoms. The minimum atomic E-state index is -0.00344. The third-order valence-corrected chi connectivity index (χ3v) is 3.61. The number of nitrogens with zero attached hydrogens (tertiary/aromatic N) is 2. The van der Waals surface area contributed by atoms with Crippen molar-refractivity contribution < 1.29 is 4.79 Å². The van der Waals surface area contributed by atoms with Crippen LogP contribution < -0.4 is 10.6 Å². The van der Waals surface area contributed by atoms with Crippen LogP contribution in [0.3, 0.4) is 0 Å². The molecule has 0 aliphatic carbocycles. The second-order valence-electron chi connectivity index (χ2n) is 4.70. The zero-order valence-corrected chi connectivity index (χ0v) is 13.9. The Kier molecular flexibility index (Phi) is 11.0. The van der Waals surface area contributed by atoms with Crippen LogP contribution in [-0.4, -0.2) is 61.5 Å². The number of carbonyl (C=O) groups excluding carboxylic acids is 1. The van der Waals surface area contributed by atoms with E-state index in [2.05, 4.69) is 36.1 Å². The van der Waals surface area contributed by atoms with Crippen LogP contribution in [0.25, 0.3) is 0 Å². The third kappa shape index (κ3) is 9.72. The molecule has 1 unspecified atom stereocenters. The molecule has 0 bridgehead atoms. The van der Waals surface area contributed by atoms with Crippen LogP contribution in [0.2, 0.25) is 0 Å². The van der Waals surface area contributed by atoms with Crippen molar-refractivity contribution in [1.82, 2.24) is 15.5 Å². The van der Waals surface area contributed by atoms with E-state index in [1.54, 1.807) is 19.0 Å². The van der Waals surface area contributed by atoms with Gasteiger partial charge < -0.3 is 15.5 Å². The molecule has 1 atom stereocenters. The number of amides is 1. The molecule has 0 spiro atoms. The maximum Gasteiger partial charge on any atom is 0.243 e. The van der Waals surface area contributed by atoms with Crippen LogP contribution in [-0.2, 0) is 4.79 Å². The molecule has 0 aromatic carbocycles. The summed E-state index contributed by atoms with van der Waals surface area (Å²) < 4.78 is 0. The molecule has 0 saturated carbocycles. The highest BCUT2D eigenvalue weighted by Crippen LogP contribution is 1.97. The highest BCUT2D eigenvalue weighted by atomic mass is 32.2. The zero-order valence-electron chi connectivity index (χ0n) is 13.1. The second kappa shape index (κ2) is 11.6. The summed E-state index contributed by atoms with van der Waals surface area (Å²) in [5, 5.41) is 6.54. The van der Waals surface area contributed by atoms with Gasteiger partial charge in [0.2, 0.25) is 5.91 Å². The molecule has 1 amide bonds. The summed E-state index contributed by atoms with van der Waals surface area (Å²) >= 11 is 1.81. The monoisotopic (exact) mass is 300 g/mol. The molecule has 0 aromatic rings. The SMILES string of the molecule is C=CCSCCNC(=NCC(=O)N(C)C)NC(C)CC. The maximum absolute atomic E-state index is 11.6. The lowest BCUT2D eigenvalue weighted by Crippen LogP contribution is -2.43. The van der Waals surface area contributed by atoms with Crippen LogP contribution in [0.4, 0.5) is 0 Å². The number of hydrogen-bond donors (Lipinski definition) is 2. The van der Waals surface area contributed by atoms with Crippen molar-refractivity contribution in [3.8, 4) is 0 Å². The molecule has 116 valence electrons. The summed E-state index contributed by atoms with van der Waals surface area (Å²) in [6.45, 7) is 8.88. The van der Waals surface area contributed by atoms with Gasteiger partial charge in [0.1, 0.15) is 6.54 Å². The van der Waals surface area contributed by atoms with E-state index >= 15 is 0 Å². The molecule has 2 N–H and O–H groups in total. The van der Waals surface area contributed by atoms with E-state index in [0.717, 1.165) is 24.5 Å². The first kappa shape index (κ1) is 18.8. The maximum atomic E-state index is 11.6. The van der Waals surface area contributed by atoms with Gasteiger partial charge in [-0.25, -0.2) is 4.99 Å². The minimum Gasteiger partial charge on any atom is -0.356 e. The van der Waals surface area contributed by atoms with E-state index < -0.39 is 0 Å². The fourth-order valence-corrected chi connectivity index (χ4v) is 1.76. The van der Waals surface area contributed by atoms with Gasteiger partial charge in [0.25, 0.3) is 0 Å². The fraction of sp³-hybridized carbons (Fsp3) is 0.714. The molecular formula is C14H28N4OS. The molecule has 0 aromatic heterocycles. The Balaban J connectivity index is 4.29. The quantitative estimate of drug-likeness (QED) is 0.292. The van der Waals surface area contributed by atoms with Crippen LogP contribution in [0.5, 0.6) is 0 Å². The largest absolute Gasteiger partial charge is 0.356 e. The van der Waals surface area contributed by atoms with Crippen molar-refractivity contribution in [2.45, 2.75) is 26.3 Å². The molecule has 0 saturated heterocycles. The molecule has 0 fully saturated rings. The predicted molar refractivity (Wildman–Crippen MR) is 89.4 cm³/mol.